The van der Waals surface area contributed by atoms with Crippen LogP contribution in [0.4, 0.5) is 0 Å². The molecule has 1 aromatic rings. The van der Waals surface area contributed by atoms with Crippen LogP contribution in [0.25, 0.3) is 0 Å². The van der Waals surface area contributed by atoms with Gasteiger partial charge in [0.25, 0.3) is 0 Å². The van der Waals surface area contributed by atoms with Gasteiger partial charge < -0.3 is 10.1 Å². The molecule has 0 aromatic carbocycles. The molecule has 0 amide bonds. The van der Waals surface area contributed by atoms with E-state index in [1.807, 2.05) is 0 Å². The summed E-state index contributed by atoms with van der Waals surface area (Å²) in [6.45, 7) is 10.7. The van der Waals surface area contributed by atoms with E-state index in [2.05, 4.69) is 38.0 Å². The minimum Gasteiger partial charge on any atom is -0.374 e. The third-order valence-electron chi connectivity index (χ3n) is 2.86. The lowest BCUT2D eigenvalue weighted by atomic mass is 10.2. The first kappa shape index (κ1) is 15.6. The predicted molar refractivity (Wildman–Crippen MR) is 78.1 cm³/mol. The molecule has 0 saturated heterocycles. The fourth-order valence-corrected chi connectivity index (χ4v) is 2.98. The van der Waals surface area contributed by atoms with E-state index in [9.17, 15) is 0 Å². The molecule has 0 saturated carbocycles. The second-order valence-electron chi connectivity index (χ2n) is 5.10. The van der Waals surface area contributed by atoms with Crippen LogP contribution in [0.5, 0.6) is 0 Å². The summed E-state index contributed by atoms with van der Waals surface area (Å²) in [5, 5.41) is 4.60. The van der Waals surface area contributed by atoms with Crippen LogP contribution in [0.15, 0.2) is 0 Å². The number of methoxy groups -OCH3 is 1. The van der Waals surface area contributed by atoms with Crippen LogP contribution < -0.4 is 5.32 Å². The third-order valence-corrected chi connectivity index (χ3v) is 4.11. The van der Waals surface area contributed by atoms with Crippen molar-refractivity contribution in [2.45, 2.75) is 53.2 Å². The number of rotatable bonds is 8. The highest BCUT2D eigenvalue weighted by atomic mass is 32.1. The lowest BCUT2D eigenvalue weighted by Crippen LogP contribution is -2.18. The molecule has 104 valence electrons. The van der Waals surface area contributed by atoms with Crippen LogP contribution in [0.2, 0.25) is 0 Å². The average molecular weight is 270 g/mol. The molecule has 0 aliphatic rings. The van der Waals surface area contributed by atoms with Crippen molar-refractivity contribution in [3.63, 3.8) is 0 Å². The number of thiazole rings is 1. The van der Waals surface area contributed by atoms with Crippen LogP contribution in [0.3, 0.4) is 0 Å². The molecule has 1 atom stereocenters. The summed E-state index contributed by atoms with van der Waals surface area (Å²) in [4.78, 5) is 5.99. The van der Waals surface area contributed by atoms with Gasteiger partial charge in [0.15, 0.2) is 0 Å². The fraction of sp³-hybridized carbons (Fsp3) is 0.786. The zero-order valence-corrected chi connectivity index (χ0v) is 13.1. The molecule has 4 heteroatoms. The molecule has 0 bridgehead atoms. The van der Waals surface area contributed by atoms with Gasteiger partial charge in [0, 0.05) is 18.5 Å². The number of hydrogen-bond acceptors (Lipinski definition) is 4. The minimum absolute atomic E-state index is 0.164. The van der Waals surface area contributed by atoms with E-state index in [0.29, 0.717) is 5.92 Å². The monoisotopic (exact) mass is 270 g/mol. The van der Waals surface area contributed by atoms with Gasteiger partial charge in [-0.2, -0.15) is 0 Å². The molecule has 0 aliphatic heterocycles. The molecule has 0 spiro atoms. The topological polar surface area (TPSA) is 34.1 Å². The zero-order chi connectivity index (χ0) is 13.5. The first-order chi connectivity index (χ1) is 8.58. The molecule has 1 unspecified atom stereocenters. The number of aryl methyl sites for hydroxylation is 1. The Bertz CT molecular complexity index is 350. The standard InChI is InChI=1S/C14H26N2OS/c1-6-7-12(17-5)14-16-11(4)13(18-14)9-15-8-10(2)3/h10,12,15H,6-9H2,1-5H3. The first-order valence-corrected chi connectivity index (χ1v) is 7.59. The van der Waals surface area contributed by atoms with Crippen molar-refractivity contribution in [1.29, 1.82) is 0 Å². The Morgan fingerprint density at radius 1 is 1.39 bits per heavy atom. The molecule has 0 aliphatic carbocycles. The van der Waals surface area contributed by atoms with Gasteiger partial charge in [0.2, 0.25) is 0 Å². The molecule has 1 aromatic heterocycles. The van der Waals surface area contributed by atoms with E-state index in [4.69, 9.17) is 4.74 Å². The Kier molecular flexibility index (Phi) is 6.82. The molecular weight excluding hydrogens is 244 g/mol. The maximum Gasteiger partial charge on any atom is 0.122 e. The van der Waals surface area contributed by atoms with Gasteiger partial charge in [0.05, 0.1) is 5.69 Å². The molecule has 18 heavy (non-hydrogen) atoms. The van der Waals surface area contributed by atoms with Crippen molar-refractivity contribution in [2.75, 3.05) is 13.7 Å². The lowest BCUT2D eigenvalue weighted by molar-refractivity contribution is 0.0947. The van der Waals surface area contributed by atoms with Gasteiger partial charge in [-0.1, -0.05) is 27.2 Å². The van der Waals surface area contributed by atoms with Crippen LogP contribution in [0, 0.1) is 12.8 Å². The SMILES string of the molecule is CCCC(OC)c1nc(C)c(CNCC(C)C)s1. The number of ether oxygens (including phenoxy) is 1. The van der Waals surface area contributed by atoms with Crippen LogP contribution in [-0.4, -0.2) is 18.6 Å². The van der Waals surface area contributed by atoms with E-state index in [-0.39, 0.29) is 6.10 Å². The lowest BCUT2D eigenvalue weighted by Gasteiger charge is -2.10. The molecule has 1 N–H and O–H groups in total. The van der Waals surface area contributed by atoms with Crippen molar-refractivity contribution < 1.29 is 4.74 Å². The van der Waals surface area contributed by atoms with E-state index in [1.54, 1.807) is 18.4 Å². The average Bonchev–Trinajstić information content (AvgIpc) is 2.67. The fourth-order valence-electron chi connectivity index (χ4n) is 1.83. The maximum absolute atomic E-state index is 5.52. The first-order valence-electron chi connectivity index (χ1n) is 6.78. The summed E-state index contributed by atoms with van der Waals surface area (Å²) >= 11 is 1.79. The summed E-state index contributed by atoms with van der Waals surface area (Å²) in [5.74, 6) is 0.685. The molecular formula is C14H26N2OS. The van der Waals surface area contributed by atoms with E-state index >= 15 is 0 Å². The van der Waals surface area contributed by atoms with E-state index in [1.165, 1.54) is 4.88 Å². The molecule has 0 fully saturated rings. The molecule has 1 rings (SSSR count). The van der Waals surface area contributed by atoms with Crippen molar-refractivity contribution in [3.8, 4) is 0 Å². The Morgan fingerprint density at radius 2 is 2.11 bits per heavy atom. The number of aromatic nitrogens is 1. The largest absolute Gasteiger partial charge is 0.374 e. The highest BCUT2D eigenvalue weighted by Crippen LogP contribution is 2.28. The normalized spacial score (nSPS) is 13.2. The van der Waals surface area contributed by atoms with Gasteiger partial charge in [-0.05, 0) is 25.8 Å². The third kappa shape index (κ3) is 4.67. The van der Waals surface area contributed by atoms with E-state index in [0.717, 1.165) is 36.6 Å². The Hall–Kier alpha value is -0.450. The maximum atomic E-state index is 5.52. The number of nitrogens with one attached hydrogen (secondary N) is 1. The van der Waals surface area contributed by atoms with Gasteiger partial charge in [-0.3, -0.25) is 0 Å². The highest BCUT2D eigenvalue weighted by molar-refractivity contribution is 7.11. The zero-order valence-electron chi connectivity index (χ0n) is 12.2. The van der Waals surface area contributed by atoms with E-state index < -0.39 is 0 Å². The summed E-state index contributed by atoms with van der Waals surface area (Å²) in [5.41, 5.74) is 1.14. The number of hydrogen-bond donors (Lipinski definition) is 1. The summed E-state index contributed by atoms with van der Waals surface area (Å²) in [7, 11) is 1.77. The predicted octanol–water partition coefficient (Wildman–Crippen LogP) is 3.68. The second-order valence-corrected chi connectivity index (χ2v) is 6.21. The van der Waals surface area contributed by atoms with Crippen molar-refractivity contribution in [2.24, 2.45) is 5.92 Å². The Morgan fingerprint density at radius 3 is 2.67 bits per heavy atom. The highest BCUT2D eigenvalue weighted by Gasteiger charge is 2.16. The minimum atomic E-state index is 0.164. The van der Waals surface area contributed by atoms with Crippen LogP contribution in [-0.2, 0) is 11.3 Å². The van der Waals surface area contributed by atoms with Crippen molar-refractivity contribution in [3.05, 3.63) is 15.6 Å². The van der Waals surface area contributed by atoms with Gasteiger partial charge in [-0.25, -0.2) is 4.98 Å². The van der Waals surface area contributed by atoms with Crippen molar-refractivity contribution in [1.82, 2.24) is 10.3 Å². The quantitative estimate of drug-likeness (QED) is 0.782. The molecule has 1 heterocycles. The van der Waals surface area contributed by atoms with Gasteiger partial charge in [0.1, 0.15) is 11.1 Å². The Labute approximate surface area is 115 Å². The van der Waals surface area contributed by atoms with Gasteiger partial charge in [-0.15, -0.1) is 11.3 Å². The second kappa shape index (κ2) is 7.87. The van der Waals surface area contributed by atoms with Crippen LogP contribution >= 0.6 is 11.3 Å². The Balaban J connectivity index is 2.62. The smallest absolute Gasteiger partial charge is 0.122 e. The number of nitrogens with zero attached hydrogens (tertiary/aromatic N) is 1. The summed E-state index contributed by atoms with van der Waals surface area (Å²) in [6.07, 6.45) is 2.33. The molecule has 3 nitrogen and oxygen atoms in total. The van der Waals surface area contributed by atoms with Crippen molar-refractivity contribution >= 4 is 11.3 Å². The molecule has 0 radical (unpaired) electrons. The van der Waals surface area contributed by atoms with Crippen LogP contribution in [0.1, 0.15) is 55.3 Å². The van der Waals surface area contributed by atoms with Gasteiger partial charge >= 0.3 is 0 Å². The summed E-state index contributed by atoms with van der Waals surface area (Å²) < 4.78 is 5.52. The summed E-state index contributed by atoms with van der Waals surface area (Å²) in [6, 6.07) is 0.